The standard InChI is InChI=1S/C18H17N5O3/c1-25-9-2-10-26-12-5-3-11(4-6-12)16-21-13-14-17(20-8-7-19-14)22-15(13)18(24)23-16/h3-8H,2,9-10H2,1H3,(H,20,22)(H,21,23,24). The van der Waals surface area contributed by atoms with Crippen LogP contribution in [0, 0.1) is 0 Å². The van der Waals surface area contributed by atoms with Gasteiger partial charge in [-0.3, -0.25) is 4.79 Å². The van der Waals surface area contributed by atoms with Gasteiger partial charge < -0.3 is 19.4 Å². The SMILES string of the molecule is COCCCOc1ccc(-c2nc3c([nH]c4nccnc43)c(=O)[nH]2)cc1. The average molecular weight is 351 g/mol. The summed E-state index contributed by atoms with van der Waals surface area (Å²) in [6.07, 6.45) is 3.97. The van der Waals surface area contributed by atoms with Gasteiger partial charge in [-0.2, -0.15) is 0 Å². The molecule has 4 aromatic rings. The van der Waals surface area contributed by atoms with Crippen molar-refractivity contribution < 1.29 is 9.47 Å². The van der Waals surface area contributed by atoms with Crippen LogP contribution >= 0.6 is 0 Å². The summed E-state index contributed by atoms with van der Waals surface area (Å²) in [5.41, 5.74) is 2.52. The van der Waals surface area contributed by atoms with Crippen LogP contribution in [-0.2, 0) is 4.74 Å². The maximum absolute atomic E-state index is 12.4. The molecule has 0 aliphatic heterocycles. The lowest BCUT2D eigenvalue weighted by atomic mass is 10.2. The van der Waals surface area contributed by atoms with Gasteiger partial charge in [-0.1, -0.05) is 0 Å². The zero-order valence-electron chi connectivity index (χ0n) is 14.2. The van der Waals surface area contributed by atoms with Crippen LogP contribution in [-0.4, -0.2) is 45.2 Å². The number of hydrogen-bond acceptors (Lipinski definition) is 6. The van der Waals surface area contributed by atoms with Gasteiger partial charge >= 0.3 is 0 Å². The number of aromatic amines is 2. The highest BCUT2D eigenvalue weighted by atomic mass is 16.5. The maximum atomic E-state index is 12.4. The van der Waals surface area contributed by atoms with Crippen molar-refractivity contribution in [3.05, 3.63) is 47.0 Å². The maximum Gasteiger partial charge on any atom is 0.275 e. The minimum Gasteiger partial charge on any atom is -0.494 e. The number of H-pyrrole nitrogens is 2. The summed E-state index contributed by atoms with van der Waals surface area (Å²) in [6.45, 7) is 1.25. The van der Waals surface area contributed by atoms with E-state index in [1.807, 2.05) is 24.3 Å². The molecule has 3 aromatic heterocycles. The van der Waals surface area contributed by atoms with Crippen molar-refractivity contribution in [3.63, 3.8) is 0 Å². The number of rotatable bonds is 6. The number of fused-ring (bicyclic) bond motifs is 3. The van der Waals surface area contributed by atoms with Gasteiger partial charge in [-0.15, -0.1) is 0 Å². The highest BCUT2D eigenvalue weighted by molar-refractivity contribution is 6.00. The predicted octanol–water partition coefficient (Wildman–Crippen LogP) is 2.28. The van der Waals surface area contributed by atoms with Crippen LogP contribution in [0.25, 0.3) is 33.6 Å². The summed E-state index contributed by atoms with van der Waals surface area (Å²) < 4.78 is 10.6. The molecule has 8 heteroatoms. The molecule has 0 radical (unpaired) electrons. The number of nitrogens with one attached hydrogen (secondary N) is 2. The van der Waals surface area contributed by atoms with E-state index in [2.05, 4.69) is 24.9 Å². The molecule has 0 fully saturated rings. The van der Waals surface area contributed by atoms with E-state index in [0.29, 0.717) is 41.2 Å². The molecular formula is C18H17N5O3. The first-order valence-corrected chi connectivity index (χ1v) is 8.21. The van der Waals surface area contributed by atoms with Crippen LogP contribution < -0.4 is 10.3 Å². The lowest BCUT2D eigenvalue weighted by molar-refractivity contribution is 0.172. The second kappa shape index (κ2) is 6.93. The van der Waals surface area contributed by atoms with E-state index in [0.717, 1.165) is 17.7 Å². The van der Waals surface area contributed by atoms with Crippen molar-refractivity contribution >= 4 is 22.2 Å². The van der Waals surface area contributed by atoms with E-state index in [1.165, 1.54) is 0 Å². The Morgan fingerprint density at radius 1 is 1.00 bits per heavy atom. The molecule has 3 heterocycles. The fraction of sp³-hybridized carbons (Fsp3) is 0.222. The summed E-state index contributed by atoms with van der Waals surface area (Å²) in [4.78, 5) is 31.2. The molecule has 0 unspecified atom stereocenters. The molecule has 0 atom stereocenters. The Hall–Kier alpha value is -3.26. The molecule has 0 aliphatic rings. The zero-order valence-corrected chi connectivity index (χ0v) is 14.2. The van der Waals surface area contributed by atoms with Crippen LogP contribution in [0.3, 0.4) is 0 Å². The van der Waals surface area contributed by atoms with Crippen LogP contribution in [0.4, 0.5) is 0 Å². The van der Waals surface area contributed by atoms with Crippen molar-refractivity contribution in [2.45, 2.75) is 6.42 Å². The van der Waals surface area contributed by atoms with Gasteiger partial charge in [-0.05, 0) is 24.3 Å². The quantitative estimate of drug-likeness (QED) is 0.516. The molecule has 0 saturated heterocycles. The second-order valence-corrected chi connectivity index (χ2v) is 5.74. The predicted molar refractivity (Wildman–Crippen MR) is 97.2 cm³/mol. The molecular weight excluding hydrogens is 334 g/mol. The molecule has 0 spiro atoms. The Bertz CT molecular complexity index is 1100. The molecule has 8 nitrogen and oxygen atoms in total. The fourth-order valence-corrected chi connectivity index (χ4v) is 2.72. The van der Waals surface area contributed by atoms with E-state index in [1.54, 1.807) is 19.5 Å². The second-order valence-electron chi connectivity index (χ2n) is 5.74. The van der Waals surface area contributed by atoms with E-state index < -0.39 is 0 Å². The molecule has 132 valence electrons. The summed E-state index contributed by atoms with van der Waals surface area (Å²) >= 11 is 0. The Morgan fingerprint density at radius 2 is 1.81 bits per heavy atom. The summed E-state index contributed by atoms with van der Waals surface area (Å²) in [5, 5.41) is 0. The van der Waals surface area contributed by atoms with Crippen LogP contribution in [0.15, 0.2) is 41.5 Å². The number of hydrogen-bond donors (Lipinski definition) is 2. The summed E-state index contributed by atoms with van der Waals surface area (Å²) in [6, 6.07) is 7.41. The molecule has 1 aromatic carbocycles. The minimum absolute atomic E-state index is 0.260. The van der Waals surface area contributed by atoms with Crippen LogP contribution in [0.2, 0.25) is 0 Å². The van der Waals surface area contributed by atoms with E-state index >= 15 is 0 Å². The summed E-state index contributed by atoms with van der Waals surface area (Å²) in [5.74, 6) is 1.23. The Morgan fingerprint density at radius 3 is 2.62 bits per heavy atom. The first-order valence-electron chi connectivity index (χ1n) is 8.21. The van der Waals surface area contributed by atoms with Gasteiger partial charge in [0.05, 0.1) is 6.61 Å². The minimum atomic E-state index is -0.260. The normalized spacial score (nSPS) is 11.3. The number of methoxy groups -OCH3 is 1. The van der Waals surface area contributed by atoms with E-state index in [-0.39, 0.29) is 5.56 Å². The molecule has 0 amide bonds. The zero-order chi connectivity index (χ0) is 17.9. The number of benzene rings is 1. The van der Waals surface area contributed by atoms with Gasteiger partial charge in [0.25, 0.3) is 5.56 Å². The lowest BCUT2D eigenvalue weighted by Gasteiger charge is -2.07. The molecule has 2 N–H and O–H groups in total. The van der Waals surface area contributed by atoms with Crippen molar-refractivity contribution in [1.29, 1.82) is 0 Å². The molecule has 26 heavy (non-hydrogen) atoms. The molecule has 0 aliphatic carbocycles. The van der Waals surface area contributed by atoms with Crippen molar-refractivity contribution in [1.82, 2.24) is 24.9 Å². The van der Waals surface area contributed by atoms with Crippen molar-refractivity contribution in [2.24, 2.45) is 0 Å². The van der Waals surface area contributed by atoms with E-state index in [4.69, 9.17) is 9.47 Å². The lowest BCUT2D eigenvalue weighted by Crippen LogP contribution is -2.09. The fourth-order valence-electron chi connectivity index (χ4n) is 2.72. The molecule has 0 saturated carbocycles. The van der Waals surface area contributed by atoms with Crippen LogP contribution in [0.5, 0.6) is 5.75 Å². The highest BCUT2D eigenvalue weighted by Crippen LogP contribution is 2.22. The number of nitrogens with zero attached hydrogens (tertiary/aromatic N) is 3. The highest BCUT2D eigenvalue weighted by Gasteiger charge is 2.13. The van der Waals surface area contributed by atoms with Gasteiger partial charge in [-0.25, -0.2) is 15.0 Å². The monoisotopic (exact) mass is 351 g/mol. The average Bonchev–Trinajstić information content (AvgIpc) is 3.05. The summed E-state index contributed by atoms with van der Waals surface area (Å²) in [7, 11) is 1.67. The largest absolute Gasteiger partial charge is 0.494 e. The number of ether oxygens (including phenoxy) is 2. The Labute approximate surface area is 148 Å². The third-order valence-corrected chi connectivity index (χ3v) is 3.97. The topological polar surface area (TPSA) is 106 Å². The Balaban J connectivity index is 1.66. The van der Waals surface area contributed by atoms with E-state index in [9.17, 15) is 4.79 Å². The first kappa shape index (κ1) is 16.2. The van der Waals surface area contributed by atoms with Gasteiger partial charge in [0.1, 0.15) is 28.1 Å². The third kappa shape index (κ3) is 3.02. The van der Waals surface area contributed by atoms with Gasteiger partial charge in [0.15, 0.2) is 5.65 Å². The number of aromatic nitrogens is 5. The van der Waals surface area contributed by atoms with Crippen LogP contribution in [0.1, 0.15) is 6.42 Å². The van der Waals surface area contributed by atoms with Gasteiger partial charge in [0.2, 0.25) is 0 Å². The first-order chi connectivity index (χ1) is 12.8. The van der Waals surface area contributed by atoms with Crippen molar-refractivity contribution in [2.75, 3.05) is 20.3 Å². The smallest absolute Gasteiger partial charge is 0.275 e. The van der Waals surface area contributed by atoms with Gasteiger partial charge in [0, 0.05) is 38.1 Å². The third-order valence-electron chi connectivity index (χ3n) is 3.97. The van der Waals surface area contributed by atoms with Crippen molar-refractivity contribution in [3.8, 4) is 17.1 Å². The Kier molecular flexibility index (Phi) is 4.32. The molecule has 0 bridgehead atoms. The molecule has 4 rings (SSSR count).